The van der Waals surface area contributed by atoms with E-state index in [1.807, 2.05) is 57.4 Å². The van der Waals surface area contributed by atoms with E-state index < -0.39 is 0 Å². The maximum Gasteiger partial charge on any atom is 0.130 e. The van der Waals surface area contributed by atoms with Gasteiger partial charge in [0.15, 0.2) is 0 Å². The quantitative estimate of drug-likeness (QED) is 0.522. The molecule has 0 amide bonds. The van der Waals surface area contributed by atoms with Crippen molar-refractivity contribution >= 4 is 30.9 Å². The molecule has 6 nitrogen and oxygen atoms in total. The summed E-state index contributed by atoms with van der Waals surface area (Å²) in [4.78, 5) is 0. The minimum Gasteiger partial charge on any atom is -0.205 e. The smallest absolute Gasteiger partial charge is 0.130 e. The predicted molar refractivity (Wildman–Crippen MR) is 74.2 cm³/mol. The van der Waals surface area contributed by atoms with Gasteiger partial charge in [0.25, 0.3) is 0 Å². The van der Waals surface area contributed by atoms with E-state index in [0.717, 1.165) is 22.1 Å². The number of fused-ring (bicyclic) bond motifs is 2. The largest absolute Gasteiger partial charge is 0.205 e. The Bertz CT molecular complexity index is 793. The van der Waals surface area contributed by atoms with Gasteiger partial charge < -0.3 is 0 Å². The number of nitrogens with zero attached hydrogens (tertiary/aromatic N) is 6. The van der Waals surface area contributed by atoms with Gasteiger partial charge in [0, 0.05) is 0 Å². The SMILES string of the molecule is c1ccc2c(c1)nnn2Pn1nnc2ccccc21. The number of rotatable bonds is 2. The molecule has 0 N–H and O–H groups in total. The van der Waals surface area contributed by atoms with E-state index in [2.05, 4.69) is 20.6 Å². The van der Waals surface area contributed by atoms with Crippen LogP contribution in [0.3, 0.4) is 0 Å². The molecule has 0 unspecified atom stereocenters. The van der Waals surface area contributed by atoms with Crippen LogP contribution in [0.5, 0.6) is 0 Å². The molecule has 4 aromatic rings. The molecule has 92 valence electrons. The van der Waals surface area contributed by atoms with Crippen molar-refractivity contribution in [3.63, 3.8) is 0 Å². The zero-order chi connectivity index (χ0) is 12.7. The Kier molecular flexibility index (Phi) is 2.28. The third kappa shape index (κ3) is 1.69. The van der Waals surface area contributed by atoms with Crippen LogP contribution in [0, 0.1) is 0 Å². The summed E-state index contributed by atoms with van der Waals surface area (Å²) in [6, 6.07) is 15.8. The van der Waals surface area contributed by atoms with Gasteiger partial charge in [-0.15, -0.1) is 10.2 Å². The van der Waals surface area contributed by atoms with Crippen LogP contribution in [0.25, 0.3) is 22.1 Å². The maximum atomic E-state index is 4.17. The highest BCUT2D eigenvalue weighted by Gasteiger charge is 2.07. The average molecular weight is 268 g/mol. The summed E-state index contributed by atoms with van der Waals surface area (Å²) in [7, 11) is 0.219. The van der Waals surface area contributed by atoms with Crippen molar-refractivity contribution in [3.05, 3.63) is 48.5 Å². The predicted octanol–water partition coefficient (Wildman–Crippen LogP) is 2.08. The zero-order valence-electron chi connectivity index (χ0n) is 9.80. The van der Waals surface area contributed by atoms with E-state index >= 15 is 0 Å². The summed E-state index contributed by atoms with van der Waals surface area (Å²) in [5, 5.41) is 16.6. The summed E-state index contributed by atoms with van der Waals surface area (Å²) in [5.74, 6) is 0. The highest BCUT2D eigenvalue weighted by atomic mass is 31.1. The average Bonchev–Trinajstić information content (AvgIpc) is 3.05. The topological polar surface area (TPSA) is 61.4 Å². The molecule has 0 saturated heterocycles. The van der Waals surface area contributed by atoms with Gasteiger partial charge in [0.1, 0.15) is 19.9 Å². The van der Waals surface area contributed by atoms with Crippen LogP contribution in [-0.2, 0) is 0 Å². The van der Waals surface area contributed by atoms with Gasteiger partial charge in [0.05, 0.1) is 11.0 Å². The lowest BCUT2D eigenvalue weighted by atomic mass is 10.3. The Morgan fingerprint density at radius 2 is 1.16 bits per heavy atom. The number of benzene rings is 2. The molecular formula is C12H9N6P. The Balaban J connectivity index is 1.82. The molecule has 0 saturated carbocycles. The van der Waals surface area contributed by atoms with Crippen LogP contribution in [0.4, 0.5) is 0 Å². The Morgan fingerprint density at radius 1 is 0.684 bits per heavy atom. The summed E-state index contributed by atoms with van der Waals surface area (Å²) >= 11 is 0. The van der Waals surface area contributed by atoms with E-state index in [-0.39, 0.29) is 8.88 Å². The number of hydrogen-bond acceptors (Lipinski definition) is 4. The molecule has 4 rings (SSSR count). The fraction of sp³-hybridized carbons (Fsp3) is 0. The van der Waals surface area contributed by atoms with Crippen LogP contribution in [0.1, 0.15) is 0 Å². The molecule has 0 aliphatic rings. The van der Waals surface area contributed by atoms with Crippen molar-refractivity contribution in [1.82, 2.24) is 29.5 Å². The lowest BCUT2D eigenvalue weighted by Gasteiger charge is -2.02. The van der Waals surface area contributed by atoms with Crippen molar-refractivity contribution < 1.29 is 0 Å². The van der Waals surface area contributed by atoms with Gasteiger partial charge in [-0.1, -0.05) is 34.7 Å². The molecule has 7 heteroatoms. The van der Waals surface area contributed by atoms with E-state index in [4.69, 9.17) is 0 Å². The molecule has 0 fully saturated rings. The monoisotopic (exact) mass is 268 g/mol. The van der Waals surface area contributed by atoms with Crippen molar-refractivity contribution in [2.24, 2.45) is 0 Å². The van der Waals surface area contributed by atoms with Crippen molar-refractivity contribution in [3.8, 4) is 0 Å². The maximum absolute atomic E-state index is 4.17. The van der Waals surface area contributed by atoms with Crippen molar-refractivity contribution in [1.29, 1.82) is 0 Å². The van der Waals surface area contributed by atoms with Crippen LogP contribution in [-0.4, -0.2) is 29.5 Å². The van der Waals surface area contributed by atoms with Gasteiger partial charge >= 0.3 is 0 Å². The second kappa shape index (κ2) is 4.10. The molecule has 0 bridgehead atoms. The van der Waals surface area contributed by atoms with E-state index in [1.165, 1.54) is 0 Å². The molecule has 0 atom stereocenters. The van der Waals surface area contributed by atoms with Gasteiger partial charge in [-0.2, -0.15) is 0 Å². The first kappa shape index (κ1) is 10.6. The van der Waals surface area contributed by atoms with E-state index in [9.17, 15) is 0 Å². The number of aromatic nitrogens is 6. The molecule has 2 aromatic heterocycles. The molecule has 0 aliphatic heterocycles. The van der Waals surface area contributed by atoms with Gasteiger partial charge in [-0.25, -0.2) is 8.90 Å². The number of hydrogen-bond donors (Lipinski definition) is 0. The van der Waals surface area contributed by atoms with E-state index in [0.29, 0.717) is 0 Å². The standard InChI is InChI=1S/C12H9N6P/c1-3-7-11-9(5-1)13-15-17(11)19-18-12-8-4-2-6-10(12)14-16-18/h1-8,19H. The first-order valence-electron chi connectivity index (χ1n) is 5.80. The van der Waals surface area contributed by atoms with Crippen LogP contribution < -0.4 is 0 Å². The Morgan fingerprint density at radius 3 is 1.68 bits per heavy atom. The molecule has 19 heavy (non-hydrogen) atoms. The van der Waals surface area contributed by atoms with Gasteiger partial charge in [-0.05, 0) is 24.3 Å². The lowest BCUT2D eigenvalue weighted by molar-refractivity contribution is 0.854. The summed E-state index contributed by atoms with van der Waals surface area (Å²) < 4.78 is 3.69. The Hall–Kier alpha value is -2.33. The minimum atomic E-state index is 0.219. The molecule has 0 spiro atoms. The fourth-order valence-electron chi connectivity index (χ4n) is 1.98. The van der Waals surface area contributed by atoms with Crippen molar-refractivity contribution in [2.75, 3.05) is 0 Å². The third-order valence-electron chi connectivity index (χ3n) is 2.89. The molecule has 0 radical (unpaired) electrons. The van der Waals surface area contributed by atoms with Crippen LogP contribution in [0.15, 0.2) is 48.5 Å². The highest BCUT2D eigenvalue weighted by molar-refractivity contribution is 7.34. The molecule has 0 aliphatic carbocycles. The van der Waals surface area contributed by atoms with Gasteiger partial charge in [-0.3, -0.25) is 0 Å². The Labute approximate surface area is 109 Å². The lowest BCUT2D eigenvalue weighted by Crippen LogP contribution is -1.95. The minimum absolute atomic E-state index is 0.219. The second-order valence-corrected chi connectivity index (χ2v) is 5.13. The third-order valence-corrected chi connectivity index (χ3v) is 3.93. The first-order valence-corrected chi connectivity index (χ1v) is 6.69. The summed E-state index contributed by atoms with van der Waals surface area (Å²) in [5.41, 5.74) is 3.78. The molecule has 2 aromatic carbocycles. The van der Waals surface area contributed by atoms with Crippen LogP contribution in [0.2, 0.25) is 0 Å². The highest BCUT2D eigenvalue weighted by Crippen LogP contribution is 2.25. The van der Waals surface area contributed by atoms with Crippen molar-refractivity contribution in [2.45, 2.75) is 0 Å². The summed E-state index contributed by atoms with van der Waals surface area (Å²) in [6.45, 7) is 0. The van der Waals surface area contributed by atoms with Gasteiger partial charge in [0.2, 0.25) is 0 Å². The summed E-state index contributed by atoms with van der Waals surface area (Å²) in [6.07, 6.45) is 0. The first-order chi connectivity index (χ1) is 9.42. The zero-order valence-corrected chi connectivity index (χ0v) is 10.8. The molecule has 2 heterocycles. The fourth-order valence-corrected chi connectivity index (χ4v) is 2.92. The van der Waals surface area contributed by atoms with E-state index in [1.54, 1.807) is 0 Å². The van der Waals surface area contributed by atoms with Crippen LogP contribution >= 0.6 is 8.88 Å². The second-order valence-electron chi connectivity index (χ2n) is 4.08. The normalized spacial score (nSPS) is 11.4. The molecular weight excluding hydrogens is 259 g/mol. The number of para-hydroxylation sites is 2.